The number of Topliss-reactive ketones (excluding diaryl/α,β-unsaturated/α-hetero) is 3. The van der Waals surface area contributed by atoms with Gasteiger partial charge in [0.2, 0.25) is 5.78 Å². The molecular weight excluding hydrogens is 590 g/mol. The van der Waals surface area contributed by atoms with Crippen molar-refractivity contribution in [1.82, 2.24) is 5.32 Å². The number of fused-ring (bicyclic) bond motifs is 15. The summed E-state index contributed by atoms with van der Waals surface area (Å²) in [6.07, 6.45) is 1.71. The van der Waals surface area contributed by atoms with Crippen LogP contribution in [0.1, 0.15) is 92.0 Å². The highest BCUT2D eigenvalue weighted by Crippen LogP contribution is 2.37. The Hall–Kier alpha value is -3.70. The predicted molar refractivity (Wildman–Crippen MR) is 173 cm³/mol. The zero-order valence-corrected chi connectivity index (χ0v) is 28.0. The van der Waals surface area contributed by atoms with E-state index in [4.69, 9.17) is 0 Å². The number of aliphatic hydroxyl groups is 4. The predicted octanol–water partition coefficient (Wildman–Crippen LogP) is 3.74. The maximum atomic E-state index is 13.8. The molecule has 250 valence electrons. The van der Waals surface area contributed by atoms with Gasteiger partial charge in [-0.25, -0.2) is 0 Å². The van der Waals surface area contributed by atoms with Crippen molar-refractivity contribution in [2.24, 2.45) is 29.6 Å². The van der Waals surface area contributed by atoms with Gasteiger partial charge in [-0.05, 0) is 44.9 Å². The first-order valence-corrected chi connectivity index (χ1v) is 15.6. The summed E-state index contributed by atoms with van der Waals surface area (Å²) in [5.74, 6) is -6.53. The minimum atomic E-state index is -1.18. The number of aryl methyl sites for hydroxylation is 1. The van der Waals surface area contributed by atoms with Gasteiger partial charge in [-0.3, -0.25) is 19.2 Å². The Bertz CT molecular complexity index is 1550. The number of phenols is 1. The molecule has 10 heteroatoms. The van der Waals surface area contributed by atoms with Crippen molar-refractivity contribution in [2.45, 2.75) is 86.7 Å². The number of hydrogen-bond acceptors (Lipinski definition) is 9. The molecule has 10 nitrogen and oxygen atoms in total. The molecule has 1 aromatic carbocycles. The third-order valence-electron chi connectivity index (χ3n) is 9.67. The summed E-state index contributed by atoms with van der Waals surface area (Å²) in [7, 11) is 0. The highest BCUT2D eigenvalue weighted by atomic mass is 16.3. The Morgan fingerprint density at radius 1 is 0.652 bits per heavy atom. The van der Waals surface area contributed by atoms with Crippen LogP contribution in [0.15, 0.2) is 52.8 Å². The topological polar surface area (TPSA) is 181 Å². The number of ketones is 3. The van der Waals surface area contributed by atoms with Crippen molar-refractivity contribution in [3.8, 4) is 5.75 Å². The van der Waals surface area contributed by atoms with Crippen molar-refractivity contribution in [3.05, 3.63) is 75.0 Å². The van der Waals surface area contributed by atoms with E-state index in [0.717, 1.165) is 0 Å². The van der Waals surface area contributed by atoms with Gasteiger partial charge in [0.15, 0.2) is 11.6 Å². The van der Waals surface area contributed by atoms with Gasteiger partial charge in [0.25, 0.3) is 5.91 Å². The van der Waals surface area contributed by atoms with Crippen LogP contribution in [-0.2, 0) is 4.79 Å². The second-order valence-corrected chi connectivity index (χ2v) is 13.1. The van der Waals surface area contributed by atoms with Crippen LogP contribution >= 0.6 is 0 Å². The Labute approximate surface area is 270 Å². The third-order valence-corrected chi connectivity index (χ3v) is 9.67. The molecule has 9 atom stereocenters. The minimum absolute atomic E-state index is 0.0859. The third kappa shape index (κ3) is 7.00. The molecule has 0 spiro atoms. The fourth-order valence-electron chi connectivity index (χ4n) is 6.26. The van der Waals surface area contributed by atoms with E-state index < -0.39 is 83.0 Å². The lowest BCUT2D eigenvalue weighted by Gasteiger charge is -2.36. The maximum Gasteiger partial charge on any atom is 0.251 e. The molecule has 2 aliphatic heterocycles. The highest BCUT2D eigenvalue weighted by Gasteiger charge is 2.39. The summed E-state index contributed by atoms with van der Waals surface area (Å²) in [6, 6.07) is 1.31. The fraction of sp³-hybridized carbons (Fsp3) is 0.500. The smallest absolute Gasteiger partial charge is 0.251 e. The number of allylic oxidation sites excluding steroid dienone is 5. The number of hydrogen-bond donors (Lipinski definition) is 6. The van der Waals surface area contributed by atoms with E-state index in [-0.39, 0.29) is 44.7 Å². The molecule has 4 bridgehead atoms. The Balaban J connectivity index is 2.20. The second kappa shape index (κ2) is 14.4. The van der Waals surface area contributed by atoms with Crippen LogP contribution in [0.3, 0.4) is 0 Å². The maximum absolute atomic E-state index is 13.8. The molecule has 4 rings (SSSR count). The zero-order valence-electron chi connectivity index (χ0n) is 28.0. The van der Waals surface area contributed by atoms with Crippen LogP contribution in [-0.4, -0.2) is 73.2 Å². The molecule has 1 aromatic rings. The van der Waals surface area contributed by atoms with Crippen LogP contribution in [0, 0.1) is 36.5 Å². The first kappa shape index (κ1) is 36.8. The highest BCUT2D eigenvalue weighted by molar-refractivity contribution is 6.31. The van der Waals surface area contributed by atoms with Gasteiger partial charge >= 0.3 is 0 Å². The first-order valence-electron chi connectivity index (χ1n) is 15.6. The molecule has 46 heavy (non-hydrogen) atoms. The summed E-state index contributed by atoms with van der Waals surface area (Å²) in [5.41, 5.74) is -0.621. The molecule has 1 aliphatic carbocycles. The molecule has 3 aliphatic rings. The number of rotatable bonds is 0. The lowest BCUT2D eigenvalue weighted by atomic mass is 9.77. The van der Waals surface area contributed by atoms with E-state index in [1.165, 1.54) is 45.9 Å². The molecule has 0 unspecified atom stereocenters. The molecule has 0 saturated carbocycles. The SMILES string of the molecule is CC1=CC=C[C@@H](C)[C@@H](O)[C@@H](C)[C@@H](O)[C@@H](C)[C@H](O)[C@H](C)[C@@H](O)[C@@H](C)C=C(C)C(=O)c2c(O)c(C)cc3c2C(=O)C(C)=C(NC1=O)C3=O. The number of carbonyl (C=O) groups is 4. The largest absolute Gasteiger partial charge is 0.507 e. The minimum Gasteiger partial charge on any atom is -0.507 e. The van der Waals surface area contributed by atoms with E-state index in [2.05, 4.69) is 5.32 Å². The van der Waals surface area contributed by atoms with E-state index in [9.17, 15) is 44.7 Å². The van der Waals surface area contributed by atoms with Gasteiger partial charge in [-0.15, -0.1) is 0 Å². The van der Waals surface area contributed by atoms with Gasteiger partial charge in [0.1, 0.15) is 5.75 Å². The van der Waals surface area contributed by atoms with Crippen LogP contribution in [0.25, 0.3) is 0 Å². The first-order chi connectivity index (χ1) is 21.3. The number of amides is 1. The average molecular weight is 638 g/mol. The van der Waals surface area contributed by atoms with Gasteiger partial charge < -0.3 is 30.8 Å². The number of aromatic hydroxyl groups is 1. The monoisotopic (exact) mass is 637 g/mol. The number of nitrogens with one attached hydrogen (secondary N) is 1. The van der Waals surface area contributed by atoms with Gasteiger partial charge in [0.05, 0.1) is 35.7 Å². The molecule has 0 saturated heterocycles. The van der Waals surface area contributed by atoms with Gasteiger partial charge in [0, 0.05) is 51.9 Å². The molecule has 0 aromatic heterocycles. The molecule has 1 amide bonds. The lowest BCUT2D eigenvalue weighted by molar-refractivity contribution is -0.116. The Morgan fingerprint density at radius 2 is 1.17 bits per heavy atom. The summed E-state index contributed by atoms with van der Waals surface area (Å²) in [4.78, 5) is 54.3. The molecule has 0 radical (unpaired) electrons. The van der Waals surface area contributed by atoms with E-state index >= 15 is 0 Å². The van der Waals surface area contributed by atoms with Crippen molar-refractivity contribution >= 4 is 23.3 Å². The van der Waals surface area contributed by atoms with Crippen LogP contribution in [0.5, 0.6) is 5.75 Å². The lowest BCUT2D eigenvalue weighted by Crippen LogP contribution is -2.45. The number of phenolic OH excluding ortho intramolecular Hbond substituents is 1. The number of carbonyl (C=O) groups excluding carboxylic acids is 4. The van der Waals surface area contributed by atoms with E-state index in [0.29, 0.717) is 0 Å². The summed E-state index contributed by atoms with van der Waals surface area (Å²) >= 11 is 0. The van der Waals surface area contributed by atoms with Crippen molar-refractivity contribution < 1.29 is 44.7 Å². The molecule has 6 N–H and O–H groups in total. The van der Waals surface area contributed by atoms with Crippen molar-refractivity contribution in [3.63, 3.8) is 0 Å². The molecule has 0 fully saturated rings. The standard InChI is InChI=1S/C36H47NO9/c1-15-11-10-12-16(2)36(46)37-27-20(6)34(44)25-24(35(27)45)14-19(5)31(41)26(25)30(40)18(4)13-17(3)29(39)22(8)33(43)23(9)32(42)21(7)28(15)38/h10-15,17,21-23,28-29,32-33,38-39,41-43H,1-9H3,(H,37,46)/t15-,17+,21-,22-,23-,28-,29+,32-,33-/m1/s1. The van der Waals surface area contributed by atoms with Crippen molar-refractivity contribution in [2.75, 3.05) is 0 Å². The Kier molecular flexibility index (Phi) is 11.5. The second-order valence-electron chi connectivity index (χ2n) is 13.1. The fourth-order valence-corrected chi connectivity index (χ4v) is 6.26. The molecule has 2 heterocycles. The zero-order chi connectivity index (χ0) is 34.9. The van der Waals surface area contributed by atoms with Crippen molar-refractivity contribution in [1.29, 1.82) is 0 Å². The van der Waals surface area contributed by atoms with Gasteiger partial charge in [-0.2, -0.15) is 0 Å². The van der Waals surface area contributed by atoms with E-state index in [1.54, 1.807) is 46.8 Å². The normalized spacial score (nSPS) is 32.3. The van der Waals surface area contributed by atoms with Crippen LogP contribution in [0.4, 0.5) is 0 Å². The van der Waals surface area contributed by atoms with Crippen LogP contribution in [0.2, 0.25) is 0 Å². The molecular formula is C36H47NO9. The quantitative estimate of drug-likeness (QED) is 0.247. The van der Waals surface area contributed by atoms with E-state index in [1.807, 2.05) is 0 Å². The number of aliphatic hydroxyl groups excluding tert-OH is 4. The Morgan fingerprint density at radius 3 is 1.74 bits per heavy atom. The summed E-state index contributed by atoms with van der Waals surface area (Å²) < 4.78 is 0. The van der Waals surface area contributed by atoms with Crippen LogP contribution < -0.4 is 5.32 Å². The summed E-state index contributed by atoms with van der Waals surface area (Å²) in [6.45, 7) is 14.1. The number of benzene rings is 1. The van der Waals surface area contributed by atoms with Gasteiger partial charge in [-0.1, -0.05) is 58.9 Å². The average Bonchev–Trinajstić information content (AvgIpc) is 3.02. The summed E-state index contributed by atoms with van der Waals surface area (Å²) in [5, 5.41) is 57.9.